The molecule has 3 aromatic rings. The van der Waals surface area contributed by atoms with E-state index in [1.165, 1.54) is 0 Å². The van der Waals surface area contributed by atoms with E-state index in [4.69, 9.17) is 11.6 Å². The minimum absolute atomic E-state index is 0.154. The quantitative estimate of drug-likeness (QED) is 0.699. The molecule has 1 saturated heterocycles. The van der Waals surface area contributed by atoms with Crippen molar-refractivity contribution in [2.24, 2.45) is 0 Å². The van der Waals surface area contributed by atoms with Crippen molar-refractivity contribution < 1.29 is 4.79 Å². The summed E-state index contributed by atoms with van der Waals surface area (Å²) in [5.74, 6) is 1.50. The SMILES string of the molecule is O=C(Cc1ccccc1Cl)Nc1cnc(N2CCN(c3ccccn3)CC2)nc1. The number of halogens is 1. The highest BCUT2D eigenvalue weighted by atomic mass is 35.5. The third kappa shape index (κ3) is 4.81. The summed E-state index contributed by atoms with van der Waals surface area (Å²) in [7, 11) is 0. The number of rotatable bonds is 5. The molecule has 3 heterocycles. The van der Waals surface area contributed by atoms with Gasteiger partial charge in [0, 0.05) is 37.4 Å². The molecule has 0 atom stereocenters. The first-order chi connectivity index (χ1) is 14.2. The van der Waals surface area contributed by atoms with Crippen LogP contribution in [-0.4, -0.2) is 47.0 Å². The number of carbonyl (C=O) groups excluding carboxylic acids is 1. The molecule has 1 N–H and O–H groups in total. The number of nitrogens with zero attached hydrogens (tertiary/aromatic N) is 5. The largest absolute Gasteiger partial charge is 0.353 e. The van der Waals surface area contributed by atoms with Crippen molar-refractivity contribution in [3.05, 3.63) is 71.6 Å². The molecule has 0 radical (unpaired) electrons. The minimum atomic E-state index is -0.154. The van der Waals surface area contributed by atoms with Crippen LogP contribution in [0.4, 0.5) is 17.5 Å². The van der Waals surface area contributed by atoms with E-state index in [2.05, 4.69) is 30.1 Å². The molecule has 8 heteroatoms. The second-order valence-electron chi connectivity index (χ2n) is 6.75. The van der Waals surface area contributed by atoms with Crippen LogP contribution in [0.15, 0.2) is 61.1 Å². The van der Waals surface area contributed by atoms with Crippen molar-refractivity contribution in [1.29, 1.82) is 0 Å². The Morgan fingerprint density at radius 1 is 0.931 bits per heavy atom. The van der Waals surface area contributed by atoms with E-state index in [-0.39, 0.29) is 12.3 Å². The molecule has 0 bridgehead atoms. The van der Waals surface area contributed by atoms with Gasteiger partial charge in [0.1, 0.15) is 5.82 Å². The van der Waals surface area contributed by atoms with Gasteiger partial charge >= 0.3 is 0 Å². The Hall–Kier alpha value is -3.19. The number of amides is 1. The zero-order valence-electron chi connectivity index (χ0n) is 15.8. The Morgan fingerprint density at radius 3 is 2.31 bits per heavy atom. The van der Waals surface area contributed by atoms with Crippen LogP contribution in [0.1, 0.15) is 5.56 Å². The number of hydrogen-bond donors (Lipinski definition) is 1. The summed E-state index contributed by atoms with van der Waals surface area (Å²) < 4.78 is 0. The summed E-state index contributed by atoms with van der Waals surface area (Å²) in [5, 5.41) is 3.40. The molecule has 29 heavy (non-hydrogen) atoms. The molecule has 1 aliphatic heterocycles. The van der Waals surface area contributed by atoms with Crippen molar-refractivity contribution in [3.63, 3.8) is 0 Å². The van der Waals surface area contributed by atoms with Gasteiger partial charge in [-0.1, -0.05) is 35.9 Å². The molecule has 1 aromatic carbocycles. The molecular formula is C21H21ClN6O. The molecule has 2 aromatic heterocycles. The van der Waals surface area contributed by atoms with E-state index < -0.39 is 0 Å². The molecule has 148 valence electrons. The summed E-state index contributed by atoms with van der Waals surface area (Å²) >= 11 is 6.11. The average molecular weight is 409 g/mol. The summed E-state index contributed by atoms with van der Waals surface area (Å²) in [6.07, 6.45) is 5.29. The maximum absolute atomic E-state index is 12.2. The lowest BCUT2D eigenvalue weighted by molar-refractivity contribution is -0.115. The molecule has 0 unspecified atom stereocenters. The van der Waals surface area contributed by atoms with E-state index in [1.54, 1.807) is 18.5 Å². The Balaban J connectivity index is 1.31. The van der Waals surface area contributed by atoms with Gasteiger partial charge in [-0.05, 0) is 23.8 Å². The Morgan fingerprint density at radius 2 is 1.62 bits per heavy atom. The molecule has 1 aliphatic rings. The molecule has 1 fully saturated rings. The van der Waals surface area contributed by atoms with Gasteiger partial charge in [0.15, 0.2) is 0 Å². The first-order valence-electron chi connectivity index (χ1n) is 9.45. The van der Waals surface area contributed by atoms with Crippen molar-refractivity contribution in [1.82, 2.24) is 15.0 Å². The number of anilines is 3. The first-order valence-corrected chi connectivity index (χ1v) is 9.83. The molecule has 0 aliphatic carbocycles. The van der Waals surface area contributed by atoms with E-state index in [0.29, 0.717) is 16.7 Å². The summed E-state index contributed by atoms with van der Waals surface area (Å²) in [6.45, 7) is 3.34. The number of nitrogens with one attached hydrogen (secondary N) is 1. The summed E-state index contributed by atoms with van der Waals surface area (Å²) in [4.78, 5) is 29.9. The van der Waals surface area contributed by atoms with Crippen LogP contribution in [0, 0.1) is 0 Å². The van der Waals surface area contributed by atoms with Gasteiger partial charge in [-0.3, -0.25) is 4.79 Å². The number of carbonyl (C=O) groups is 1. The van der Waals surface area contributed by atoms with Gasteiger partial charge in [0.25, 0.3) is 0 Å². The summed E-state index contributed by atoms with van der Waals surface area (Å²) in [5.41, 5.74) is 1.35. The lowest BCUT2D eigenvalue weighted by Gasteiger charge is -2.35. The van der Waals surface area contributed by atoms with Crippen molar-refractivity contribution >= 4 is 35.0 Å². The van der Waals surface area contributed by atoms with Gasteiger partial charge in [0.2, 0.25) is 11.9 Å². The average Bonchev–Trinajstić information content (AvgIpc) is 2.77. The fourth-order valence-electron chi connectivity index (χ4n) is 3.25. The minimum Gasteiger partial charge on any atom is -0.353 e. The maximum atomic E-state index is 12.2. The molecule has 1 amide bonds. The lowest BCUT2D eigenvalue weighted by Crippen LogP contribution is -2.47. The van der Waals surface area contributed by atoms with E-state index in [0.717, 1.165) is 37.6 Å². The number of piperazine rings is 1. The standard InChI is InChI=1S/C21H21ClN6O/c22-18-6-2-1-5-16(18)13-20(29)26-17-14-24-21(25-15-17)28-11-9-27(10-12-28)19-7-3-4-8-23-19/h1-8,14-15H,9-13H2,(H,26,29). The maximum Gasteiger partial charge on any atom is 0.228 e. The van der Waals surface area contributed by atoms with Crippen LogP contribution in [-0.2, 0) is 11.2 Å². The van der Waals surface area contributed by atoms with Crippen molar-refractivity contribution in [3.8, 4) is 0 Å². The molecule has 7 nitrogen and oxygen atoms in total. The zero-order valence-corrected chi connectivity index (χ0v) is 16.6. The molecule has 4 rings (SSSR count). The van der Waals surface area contributed by atoms with Crippen molar-refractivity contribution in [2.45, 2.75) is 6.42 Å². The predicted octanol–water partition coefficient (Wildman–Crippen LogP) is 3.03. The highest BCUT2D eigenvalue weighted by Crippen LogP contribution is 2.18. The van der Waals surface area contributed by atoms with Crippen LogP contribution in [0.2, 0.25) is 5.02 Å². The van der Waals surface area contributed by atoms with E-state index in [9.17, 15) is 4.79 Å². The fourth-order valence-corrected chi connectivity index (χ4v) is 3.45. The Kier molecular flexibility index (Phi) is 5.86. The normalized spacial score (nSPS) is 14.0. The van der Waals surface area contributed by atoms with Crippen molar-refractivity contribution in [2.75, 3.05) is 41.3 Å². The van der Waals surface area contributed by atoms with Crippen LogP contribution in [0.25, 0.3) is 0 Å². The van der Waals surface area contributed by atoms with Crippen LogP contribution in [0.5, 0.6) is 0 Å². The predicted molar refractivity (Wildman–Crippen MR) is 114 cm³/mol. The molecule has 0 saturated carbocycles. The van der Waals surface area contributed by atoms with Gasteiger partial charge in [0.05, 0.1) is 24.5 Å². The van der Waals surface area contributed by atoms with Gasteiger partial charge in [-0.2, -0.15) is 0 Å². The Bertz CT molecular complexity index is 958. The van der Waals surface area contributed by atoms with Gasteiger partial charge in [-0.25, -0.2) is 15.0 Å². The Labute approximate surface area is 174 Å². The second-order valence-corrected chi connectivity index (χ2v) is 7.16. The number of pyridine rings is 1. The van der Waals surface area contributed by atoms with Gasteiger partial charge in [-0.15, -0.1) is 0 Å². The summed E-state index contributed by atoms with van der Waals surface area (Å²) in [6, 6.07) is 13.2. The topological polar surface area (TPSA) is 74.2 Å². The van der Waals surface area contributed by atoms with Crippen LogP contribution >= 0.6 is 11.6 Å². The zero-order chi connectivity index (χ0) is 20.1. The highest BCUT2D eigenvalue weighted by molar-refractivity contribution is 6.31. The molecular weight excluding hydrogens is 388 g/mol. The monoisotopic (exact) mass is 408 g/mol. The number of aromatic nitrogens is 3. The lowest BCUT2D eigenvalue weighted by atomic mass is 10.1. The molecule has 0 spiro atoms. The first kappa shape index (κ1) is 19.1. The number of hydrogen-bond acceptors (Lipinski definition) is 6. The van der Waals surface area contributed by atoms with Crippen LogP contribution in [0.3, 0.4) is 0 Å². The fraction of sp³-hybridized carbons (Fsp3) is 0.238. The third-order valence-corrected chi connectivity index (χ3v) is 5.14. The number of benzene rings is 1. The highest BCUT2D eigenvalue weighted by Gasteiger charge is 2.19. The smallest absolute Gasteiger partial charge is 0.228 e. The van der Waals surface area contributed by atoms with Crippen LogP contribution < -0.4 is 15.1 Å². The van der Waals surface area contributed by atoms with E-state index in [1.807, 2.05) is 42.6 Å². The second kappa shape index (κ2) is 8.87. The third-order valence-electron chi connectivity index (χ3n) is 4.77. The van der Waals surface area contributed by atoms with Gasteiger partial charge < -0.3 is 15.1 Å². The van der Waals surface area contributed by atoms with E-state index >= 15 is 0 Å².